The number of para-hydroxylation sites is 1. The smallest absolute Gasteiger partial charge is 0.118 e. The van der Waals surface area contributed by atoms with Gasteiger partial charge in [-0.2, -0.15) is 0 Å². The summed E-state index contributed by atoms with van der Waals surface area (Å²) in [5, 5.41) is 10.4. The lowest BCUT2D eigenvalue weighted by Crippen LogP contribution is -2.32. The quantitative estimate of drug-likeness (QED) is 0.628. The van der Waals surface area contributed by atoms with Crippen molar-refractivity contribution in [1.29, 1.82) is 0 Å². The standard InChI is InChI=1S/C16H23NO/c1-6-11-16(5,18)14(7-2)17-15-12(3)9-8-10-13(15)4/h6,8-11,18H,7H2,1-5H3/b11-6+,17-14?. The monoisotopic (exact) mass is 245 g/mol. The molecule has 0 amide bonds. The summed E-state index contributed by atoms with van der Waals surface area (Å²) in [6.07, 6.45) is 4.37. The van der Waals surface area contributed by atoms with Crippen molar-refractivity contribution in [3.63, 3.8) is 0 Å². The van der Waals surface area contributed by atoms with Crippen LogP contribution in [0.5, 0.6) is 0 Å². The second kappa shape index (κ2) is 5.96. The number of nitrogens with zero attached hydrogens (tertiary/aromatic N) is 1. The lowest BCUT2D eigenvalue weighted by Gasteiger charge is -2.21. The second-order valence-electron chi connectivity index (χ2n) is 4.80. The van der Waals surface area contributed by atoms with Gasteiger partial charge in [0.05, 0.1) is 11.4 Å². The van der Waals surface area contributed by atoms with E-state index in [4.69, 9.17) is 0 Å². The van der Waals surface area contributed by atoms with Crippen molar-refractivity contribution in [2.45, 2.75) is 46.6 Å². The zero-order valence-electron chi connectivity index (χ0n) is 12.0. The van der Waals surface area contributed by atoms with E-state index in [2.05, 4.69) is 4.99 Å². The Morgan fingerprint density at radius 2 is 1.89 bits per heavy atom. The summed E-state index contributed by atoms with van der Waals surface area (Å²) in [6.45, 7) is 9.79. The van der Waals surface area contributed by atoms with Gasteiger partial charge in [-0.25, -0.2) is 0 Å². The summed E-state index contributed by atoms with van der Waals surface area (Å²) < 4.78 is 0. The molecule has 0 fully saturated rings. The molecule has 0 aliphatic heterocycles. The molecule has 1 aromatic carbocycles. The maximum atomic E-state index is 10.4. The summed E-state index contributed by atoms with van der Waals surface area (Å²) in [5.41, 5.74) is 3.06. The van der Waals surface area contributed by atoms with Gasteiger partial charge in [-0.15, -0.1) is 0 Å². The van der Waals surface area contributed by atoms with Crippen LogP contribution in [-0.2, 0) is 0 Å². The first-order valence-corrected chi connectivity index (χ1v) is 6.42. The van der Waals surface area contributed by atoms with Gasteiger partial charge in [-0.3, -0.25) is 4.99 Å². The third-order valence-corrected chi connectivity index (χ3v) is 3.10. The average Bonchev–Trinajstić information content (AvgIpc) is 2.28. The van der Waals surface area contributed by atoms with Gasteiger partial charge in [0.25, 0.3) is 0 Å². The highest BCUT2D eigenvalue weighted by Crippen LogP contribution is 2.25. The predicted octanol–water partition coefficient (Wildman–Crippen LogP) is 4.11. The van der Waals surface area contributed by atoms with E-state index < -0.39 is 5.60 Å². The molecule has 0 saturated heterocycles. The number of hydrogen-bond acceptors (Lipinski definition) is 2. The Balaban J connectivity index is 3.28. The molecule has 1 N–H and O–H groups in total. The number of hydrogen-bond donors (Lipinski definition) is 1. The normalized spacial score (nSPS) is 16.0. The number of rotatable bonds is 4. The molecule has 2 heteroatoms. The van der Waals surface area contributed by atoms with E-state index in [-0.39, 0.29) is 0 Å². The van der Waals surface area contributed by atoms with Crippen LogP contribution < -0.4 is 0 Å². The van der Waals surface area contributed by atoms with Gasteiger partial charge in [-0.05, 0) is 45.2 Å². The van der Waals surface area contributed by atoms with E-state index in [0.29, 0.717) is 0 Å². The van der Waals surface area contributed by atoms with Crippen molar-refractivity contribution in [2.24, 2.45) is 4.99 Å². The first kappa shape index (κ1) is 14.7. The number of benzene rings is 1. The van der Waals surface area contributed by atoms with E-state index >= 15 is 0 Å². The molecule has 0 aromatic heterocycles. The lowest BCUT2D eigenvalue weighted by molar-refractivity contribution is 0.182. The van der Waals surface area contributed by atoms with E-state index in [1.54, 1.807) is 13.0 Å². The van der Waals surface area contributed by atoms with E-state index in [9.17, 15) is 5.11 Å². The van der Waals surface area contributed by atoms with Crippen LogP contribution in [0.4, 0.5) is 5.69 Å². The van der Waals surface area contributed by atoms with Crippen LogP contribution in [0.2, 0.25) is 0 Å². The minimum Gasteiger partial charge on any atom is -0.380 e. The fraction of sp³-hybridized carbons (Fsp3) is 0.438. The predicted molar refractivity (Wildman–Crippen MR) is 78.7 cm³/mol. The van der Waals surface area contributed by atoms with E-state index in [1.165, 1.54) is 0 Å². The van der Waals surface area contributed by atoms with E-state index in [0.717, 1.165) is 28.9 Å². The highest BCUT2D eigenvalue weighted by atomic mass is 16.3. The molecule has 0 bridgehead atoms. The third kappa shape index (κ3) is 3.30. The molecule has 0 aliphatic rings. The molecule has 1 atom stereocenters. The highest BCUT2D eigenvalue weighted by Gasteiger charge is 2.22. The Kier molecular flexibility index (Phi) is 4.85. The SMILES string of the molecule is C/C=C/C(C)(O)C(CC)=Nc1c(C)cccc1C. The number of allylic oxidation sites excluding steroid dienone is 1. The average molecular weight is 245 g/mol. The summed E-state index contributed by atoms with van der Waals surface area (Å²) in [5.74, 6) is 0. The largest absolute Gasteiger partial charge is 0.380 e. The molecule has 0 saturated carbocycles. The van der Waals surface area contributed by atoms with Crippen molar-refractivity contribution in [2.75, 3.05) is 0 Å². The minimum atomic E-state index is -0.974. The number of aliphatic imine (C=N–C) groups is 1. The Morgan fingerprint density at radius 3 is 2.33 bits per heavy atom. The minimum absolute atomic E-state index is 0.727. The zero-order valence-corrected chi connectivity index (χ0v) is 12.0. The fourth-order valence-corrected chi connectivity index (χ4v) is 2.09. The number of aliphatic hydroxyl groups is 1. The van der Waals surface area contributed by atoms with Crippen LogP contribution in [0.1, 0.15) is 38.3 Å². The van der Waals surface area contributed by atoms with Gasteiger partial charge >= 0.3 is 0 Å². The fourth-order valence-electron chi connectivity index (χ4n) is 2.09. The molecule has 1 unspecified atom stereocenters. The Hall–Kier alpha value is -1.41. The van der Waals surface area contributed by atoms with Gasteiger partial charge in [-0.1, -0.05) is 37.3 Å². The zero-order chi connectivity index (χ0) is 13.8. The molecule has 0 aliphatic carbocycles. The van der Waals surface area contributed by atoms with Crippen LogP contribution in [0.15, 0.2) is 35.3 Å². The molecule has 2 nitrogen and oxygen atoms in total. The molecule has 1 rings (SSSR count). The van der Waals surface area contributed by atoms with Crippen molar-refractivity contribution in [3.05, 3.63) is 41.5 Å². The Labute approximate surface area is 110 Å². The van der Waals surface area contributed by atoms with Crippen LogP contribution in [0.25, 0.3) is 0 Å². The second-order valence-corrected chi connectivity index (χ2v) is 4.80. The molecule has 18 heavy (non-hydrogen) atoms. The van der Waals surface area contributed by atoms with Gasteiger partial charge in [0.2, 0.25) is 0 Å². The summed E-state index contributed by atoms with van der Waals surface area (Å²) >= 11 is 0. The van der Waals surface area contributed by atoms with Crippen LogP contribution in [0.3, 0.4) is 0 Å². The van der Waals surface area contributed by atoms with Crippen molar-refractivity contribution < 1.29 is 5.11 Å². The topological polar surface area (TPSA) is 32.6 Å². The van der Waals surface area contributed by atoms with Crippen molar-refractivity contribution in [3.8, 4) is 0 Å². The Morgan fingerprint density at radius 1 is 1.33 bits per heavy atom. The third-order valence-electron chi connectivity index (χ3n) is 3.10. The van der Waals surface area contributed by atoms with Gasteiger partial charge < -0.3 is 5.11 Å². The first-order valence-electron chi connectivity index (χ1n) is 6.42. The first-order chi connectivity index (χ1) is 8.42. The molecular formula is C16H23NO. The molecule has 98 valence electrons. The molecule has 0 radical (unpaired) electrons. The van der Waals surface area contributed by atoms with Gasteiger partial charge in [0, 0.05) is 0 Å². The molecular weight excluding hydrogens is 222 g/mol. The molecule has 0 heterocycles. The lowest BCUT2D eigenvalue weighted by atomic mass is 9.96. The van der Waals surface area contributed by atoms with Gasteiger partial charge in [0.1, 0.15) is 5.60 Å². The van der Waals surface area contributed by atoms with Crippen LogP contribution in [-0.4, -0.2) is 16.4 Å². The van der Waals surface area contributed by atoms with Crippen LogP contribution in [0, 0.1) is 13.8 Å². The van der Waals surface area contributed by atoms with Crippen LogP contribution >= 0.6 is 0 Å². The summed E-state index contributed by atoms with van der Waals surface area (Å²) in [7, 11) is 0. The van der Waals surface area contributed by atoms with E-state index in [1.807, 2.05) is 52.0 Å². The maximum absolute atomic E-state index is 10.4. The maximum Gasteiger partial charge on any atom is 0.118 e. The molecule has 0 spiro atoms. The summed E-state index contributed by atoms with van der Waals surface area (Å²) in [6, 6.07) is 6.12. The van der Waals surface area contributed by atoms with Gasteiger partial charge in [0.15, 0.2) is 0 Å². The molecule has 1 aromatic rings. The summed E-state index contributed by atoms with van der Waals surface area (Å²) in [4.78, 5) is 4.68. The van der Waals surface area contributed by atoms with Crippen molar-refractivity contribution >= 4 is 11.4 Å². The highest BCUT2D eigenvalue weighted by molar-refractivity contribution is 5.95. The van der Waals surface area contributed by atoms with Crippen molar-refractivity contribution in [1.82, 2.24) is 0 Å². The Bertz CT molecular complexity index is 450. The number of aryl methyl sites for hydroxylation is 2.